The van der Waals surface area contributed by atoms with Gasteiger partial charge in [-0.15, -0.1) is 0 Å². The molecule has 106 valence electrons. The number of amides is 1. The maximum Gasteiger partial charge on any atom is 0.272 e. The molecule has 0 aromatic carbocycles. The molecule has 0 fully saturated rings. The minimum atomic E-state index is 0.106. The van der Waals surface area contributed by atoms with E-state index in [0.29, 0.717) is 13.1 Å². The molecule has 5 heteroatoms. The van der Waals surface area contributed by atoms with Crippen molar-refractivity contribution in [2.24, 2.45) is 5.73 Å². The van der Waals surface area contributed by atoms with E-state index in [4.69, 9.17) is 5.73 Å². The van der Waals surface area contributed by atoms with Gasteiger partial charge in [0.1, 0.15) is 5.69 Å². The summed E-state index contributed by atoms with van der Waals surface area (Å²) in [5.74, 6) is 0.106. The van der Waals surface area contributed by atoms with E-state index in [1.807, 2.05) is 23.4 Å². The predicted octanol–water partition coefficient (Wildman–Crippen LogP) is 1.20. The molecular formula is C14H24N4O. The van der Waals surface area contributed by atoms with Gasteiger partial charge in [0.2, 0.25) is 0 Å². The van der Waals surface area contributed by atoms with Gasteiger partial charge in [0.15, 0.2) is 0 Å². The molecule has 1 aromatic heterocycles. The molecule has 0 saturated heterocycles. The van der Waals surface area contributed by atoms with Gasteiger partial charge in [0, 0.05) is 25.2 Å². The fourth-order valence-electron chi connectivity index (χ4n) is 2.79. The van der Waals surface area contributed by atoms with Gasteiger partial charge >= 0.3 is 0 Å². The Morgan fingerprint density at radius 2 is 2.00 bits per heavy atom. The Labute approximate surface area is 114 Å². The number of nitrogens with zero attached hydrogens (tertiary/aromatic N) is 3. The lowest BCUT2D eigenvalue weighted by Gasteiger charge is -2.20. The molecule has 1 aliphatic rings. The number of carbonyl (C=O) groups excluding carboxylic acids is 1. The van der Waals surface area contributed by atoms with Crippen LogP contribution in [0, 0.1) is 0 Å². The third-order valence-electron chi connectivity index (χ3n) is 3.82. The summed E-state index contributed by atoms with van der Waals surface area (Å²) >= 11 is 0. The van der Waals surface area contributed by atoms with Crippen molar-refractivity contribution >= 4 is 5.91 Å². The van der Waals surface area contributed by atoms with Crippen molar-refractivity contribution in [3.05, 3.63) is 17.0 Å². The summed E-state index contributed by atoms with van der Waals surface area (Å²) in [6, 6.07) is 0. The van der Waals surface area contributed by atoms with Crippen LogP contribution in [0.3, 0.4) is 0 Å². The van der Waals surface area contributed by atoms with Gasteiger partial charge in [-0.05, 0) is 39.5 Å². The highest BCUT2D eigenvalue weighted by molar-refractivity contribution is 5.94. The van der Waals surface area contributed by atoms with E-state index in [1.54, 1.807) is 0 Å². The molecular weight excluding hydrogens is 240 g/mol. The van der Waals surface area contributed by atoms with E-state index in [1.165, 1.54) is 6.42 Å². The van der Waals surface area contributed by atoms with Crippen molar-refractivity contribution < 1.29 is 4.79 Å². The molecule has 1 aromatic rings. The molecule has 0 aliphatic heterocycles. The highest BCUT2D eigenvalue weighted by Gasteiger charge is 2.27. The maximum absolute atomic E-state index is 12.7. The Kier molecular flexibility index (Phi) is 4.58. The standard InChI is InChI=1S/C14H24N4O/c1-3-17(4-2)14(19)13-11-7-5-6-8-12(11)16-18(13)10-9-15/h3-10,15H2,1-2H3. The summed E-state index contributed by atoms with van der Waals surface area (Å²) in [4.78, 5) is 14.5. The molecule has 0 atom stereocenters. The molecule has 0 saturated carbocycles. The summed E-state index contributed by atoms with van der Waals surface area (Å²) in [6.07, 6.45) is 4.29. The molecule has 0 bridgehead atoms. The summed E-state index contributed by atoms with van der Waals surface area (Å²) in [6.45, 7) is 6.62. The Hall–Kier alpha value is -1.36. The zero-order chi connectivity index (χ0) is 13.8. The summed E-state index contributed by atoms with van der Waals surface area (Å²) in [5, 5.41) is 4.60. The second kappa shape index (κ2) is 6.19. The van der Waals surface area contributed by atoms with Crippen LogP contribution in [0.15, 0.2) is 0 Å². The lowest BCUT2D eigenvalue weighted by Crippen LogP contribution is -2.33. The second-order valence-electron chi connectivity index (χ2n) is 4.97. The number of hydrogen-bond acceptors (Lipinski definition) is 3. The SMILES string of the molecule is CCN(CC)C(=O)c1c2c(nn1CCN)CCCC2. The van der Waals surface area contributed by atoms with Gasteiger partial charge < -0.3 is 10.6 Å². The van der Waals surface area contributed by atoms with Gasteiger partial charge in [0.25, 0.3) is 5.91 Å². The maximum atomic E-state index is 12.7. The number of hydrogen-bond donors (Lipinski definition) is 1. The first kappa shape index (κ1) is 14.1. The molecule has 2 N–H and O–H groups in total. The van der Waals surface area contributed by atoms with Crippen molar-refractivity contribution in [3.8, 4) is 0 Å². The molecule has 5 nitrogen and oxygen atoms in total. The first-order chi connectivity index (χ1) is 9.22. The lowest BCUT2D eigenvalue weighted by molar-refractivity contribution is 0.0759. The highest BCUT2D eigenvalue weighted by Crippen LogP contribution is 2.25. The van der Waals surface area contributed by atoms with Gasteiger partial charge in [-0.1, -0.05) is 0 Å². The van der Waals surface area contributed by atoms with Crippen LogP contribution in [0.25, 0.3) is 0 Å². The minimum Gasteiger partial charge on any atom is -0.338 e. The summed E-state index contributed by atoms with van der Waals surface area (Å²) < 4.78 is 1.83. The van der Waals surface area contributed by atoms with Crippen LogP contribution >= 0.6 is 0 Å². The number of nitrogens with two attached hydrogens (primary N) is 1. The summed E-state index contributed by atoms with van der Waals surface area (Å²) in [5.41, 5.74) is 8.69. The lowest BCUT2D eigenvalue weighted by atomic mass is 9.95. The topological polar surface area (TPSA) is 64.2 Å². The number of aryl methyl sites for hydroxylation is 1. The predicted molar refractivity (Wildman–Crippen MR) is 75.2 cm³/mol. The van der Waals surface area contributed by atoms with E-state index in [0.717, 1.165) is 49.3 Å². The molecule has 0 spiro atoms. The fraction of sp³-hybridized carbons (Fsp3) is 0.714. The monoisotopic (exact) mass is 264 g/mol. The molecule has 1 amide bonds. The molecule has 1 aliphatic carbocycles. The second-order valence-corrected chi connectivity index (χ2v) is 4.97. The van der Waals surface area contributed by atoms with Crippen LogP contribution in [0.2, 0.25) is 0 Å². The van der Waals surface area contributed by atoms with Crippen molar-refractivity contribution in [2.75, 3.05) is 19.6 Å². The normalized spacial score (nSPS) is 14.3. The minimum absolute atomic E-state index is 0.106. The van der Waals surface area contributed by atoms with Crippen LogP contribution in [0.4, 0.5) is 0 Å². The van der Waals surface area contributed by atoms with Gasteiger partial charge in [-0.3, -0.25) is 9.48 Å². The van der Waals surface area contributed by atoms with Gasteiger partial charge in [-0.2, -0.15) is 5.10 Å². The zero-order valence-electron chi connectivity index (χ0n) is 12.0. The Balaban J connectivity index is 2.41. The van der Waals surface area contributed by atoms with Gasteiger partial charge in [-0.25, -0.2) is 0 Å². The van der Waals surface area contributed by atoms with E-state index >= 15 is 0 Å². The number of rotatable bonds is 5. The molecule has 2 rings (SSSR count). The van der Waals surface area contributed by atoms with E-state index in [-0.39, 0.29) is 5.91 Å². The molecule has 0 unspecified atom stereocenters. The van der Waals surface area contributed by atoms with Crippen molar-refractivity contribution in [3.63, 3.8) is 0 Å². The highest BCUT2D eigenvalue weighted by atomic mass is 16.2. The Morgan fingerprint density at radius 1 is 1.32 bits per heavy atom. The zero-order valence-corrected chi connectivity index (χ0v) is 12.0. The number of aromatic nitrogens is 2. The van der Waals surface area contributed by atoms with Crippen LogP contribution in [0.5, 0.6) is 0 Å². The smallest absolute Gasteiger partial charge is 0.272 e. The third-order valence-corrected chi connectivity index (χ3v) is 3.82. The third kappa shape index (κ3) is 2.66. The average Bonchev–Trinajstić information content (AvgIpc) is 2.78. The Morgan fingerprint density at radius 3 is 2.63 bits per heavy atom. The first-order valence-corrected chi connectivity index (χ1v) is 7.30. The van der Waals surface area contributed by atoms with Crippen LogP contribution in [0.1, 0.15) is 48.4 Å². The van der Waals surface area contributed by atoms with Crippen molar-refractivity contribution in [2.45, 2.75) is 46.1 Å². The number of carbonyl (C=O) groups is 1. The Bertz CT molecular complexity index is 449. The molecule has 19 heavy (non-hydrogen) atoms. The molecule has 0 radical (unpaired) electrons. The van der Waals surface area contributed by atoms with E-state index < -0.39 is 0 Å². The van der Waals surface area contributed by atoms with E-state index in [9.17, 15) is 4.79 Å². The molecule has 1 heterocycles. The summed E-state index contributed by atoms with van der Waals surface area (Å²) in [7, 11) is 0. The van der Waals surface area contributed by atoms with Crippen LogP contribution < -0.4 is 5.73 Å². The van der Waals surface area contributed by atoms with Crippen molar-refractivity contribution in [1.29, 1.82) is 0 Å². The van der Waals surface area contributed by atoms with Crippen LogP contribution in [-0.4, -0.2) is 40.2 Å². The van der Waals surface area contributed by atoms with E-state index in [2.05, 4.69) is 5.10 Å². The quantitative estimate of drug-likeness (QED) is 0.869. The van der Waals surface area contributed by atoms with Gasteiger partial charge in [0.05, 0.1) is 12.2 Å². The number of fused-ring (bicyclic) bond motifs is 1. The first-order valence-electron chi connectivity index (χ1n) is 7.30. The fourth-order valence-corrected chi connectivity index (χ4v) is 2.79. The van der Waals surface area contributed by atoms with Crippen molar-refractivity contribution in [1.82, 2.24) is 14.7 Å². The average molecular weight is 264 g/mol. The largest absolute Gasteiger partial charge is 0.338 e. The van der Waals surface area contributed by atoms with Crippen LogP contribution in [-0.2, 0) is 19.4 Å².